The summed E-state index contributed by atoms with van der Waals surface area (Å²) in [6, 6.07) is 7.36. The largest absolute Gasteiger partial charge is 0.382 e. The van der Waals surface area contributed by atoms with Crippen molar-refractivity contribution in [1.29, 1.82) is 0 Å². The van der Waals surface area contributed by atoms with Gasteiger partial charge in [-0.1, -0.05) is 46.9 Å². The topological polar surface area (TPSA) is 64.2 Å². The van der Waals surface area contributed by atoms with Gasteiger partial charge in [-0.15, -0.1) is 0 Å². The van der Waals surface area contributed by atoms with Crippen LogP contribution in [0.25, 0.3) is 0 Å². The van der Waals surface area contributed by atoms with E-state index in [0.717, 1.165) is 4.90 Å². The summed E-state index contributed by atoms with van der Waals surface area (Å²) in [5, 5.41) is 0.771. The van der Waals surface area contributed by atoms with Crippen molar-refractivity contribution in [3.8, 4) is 0 Å². The van der Waals surface area contributed by atoms with Gasteiger partial charge in [-0.25, -0.2) is 14.4 Å². The van der Waals surface area contributed by atoms with Crippen LogP contribution in [0.15, 0.2) is 33.6 Å². The second kappa shape index (κ2) is 6.43. The summed E-state index contributed by atoms with van der Waals surface area (Å²) in [7, 11) is 0. The number of nitrogen functional groups attached to an aromatic ring is 1. The van der Waals surface area contributed by atoms with Gasteiger partial charge in [0.25, 0.3) is 0 Å². The summed E-state index contributed by atoms with van der Waals surface area (Å²) in [6.45, 7) is 0. The first kappa shape index (κ1) is 14.4. The Kier molecular flexibility index (Phi) is 4.87. The fraction of sp³-hybridized carbons (Fsp3) is 0. The van der Waals surface area contributed by atoms with Crippen LogP contribution >= 0.6 is 46.8 Å². The molecule has 0 saturated carbocycles. The molecule has 2 aromatic rings. The Morgan fingerprint density at radius 1 is 1.11 bits per heavy atom. The summed E-state index contributed by atoms with van der Waals surface area (Å²) in [4.78, 5) is 8.64. The van der Waals surface area contributed by atoms with Crippen LogP contribution in [0.2, 0.25) is 15.3 Å². The molecule has 1 aromatic heterocycles. The van der Waals surface area contributed by atoms with Crippen LogP contribution < -0.4 is 5.73 Å². The number of anilines is 1. The van der Waals surface area contributed by atoms with Crippen molar-refractivity contribution < 1.29 is 0 Å². The first-order chi connectivity index (χ1) is 9.08. The highest BCUT2D eigenvalue weighted by Gasteiger charge is 2.06. The summed E-state index contributed by atoms with van der Waals surface area (Å²) in [5.74, 6) is 0.165. The Bertz CT molecular complexity index is 633. The van der Waals surface area contributed by atoms with Crippen molar-refractivity contribution in [3.05, 3.63) is 45.3 Å². The lowest BCUT2D eigenvalue weighted by Crippen LogP contribution is -2.01. The molecule has 2 rings (SSSR count). The van der Waals surface area contributed by atoms with Crippen LogP contribution in [0.4, 0.5) is 5.82 Å². The van der Waals surface area contributed by atoms with Gasteiger partial charge in [-0.3, -0.25) is 0 Å². The highest BCUT2D eigenvalue weighted by molar-refractivity contribution is 7.98. The summed E-state index contributed by atoms with van der Waals surface area (Å²) < 4.78 is 4.13. The number of nitrogens with two attached hydrogens (primary N) is 1. The zero-order valence-electron chi connectivity index (χ0n) is 9.35. The average molecular weight is 334 g/mol. The fourth-order valence-electron chi connectivity index (χ4n) is 1.17. The van der Waals surface area contributed by atoms with Crippen molar-refractivity contribution in [1.82, 2.24) is 9.97 Å². The van der Waals surface area contributed by atoms with Crippen LogP contribution in [0, 0.1) is 0 Å². The van der Waals surface area contributed by atoms with E-state index in [1.807, 2.05) is 18.2 Å². The molecule has 1 aromatic carbocycles. The lowest BCUT2D eigenvalue weighted by Gasteiger charge is -2.01. The summed E-state index contributed by atoms with van der Waals surface area (Å²) >= 11 is 18.6. The lowest BCUT2D eigenvalue weighted by molar-refractivity contribution is 1.20. The average Bonchev–Trinajstić information content (AvgIpc) is 2.38. The van der Waals surface area contributed by atoms with E-state index >= 15 is 0 Å². The Labute approximate surface area is 129 Å². The van der Waals surface area contributed by atoms with Crippen LogP contribution in [0.3, 0.4) is 0 Å². The molecule has 2 N–H and O–H groups in total. The van der Waals surface area contributed by atoms with Crippen molar-refractivity contribution in [3.63, 3.8) is 0 Å². The molecule has 0 aliphatic carbocycles. The van der Waals surface area contributed by atoms with Gasteiger partial charge >= 0.3 is 0 Å². The van der Waals surface area contributed by atoms with Crippen molar-refractivity contribution in [2.45, 2.75) is 4.90 Å². The molecule has 19 heavy (non-hydrogen) atoms. The van der Waals surface area contributed by atoms with Crippen LogP contribution in [-0.4, -0.2) is 16.2 Å². The quantitative estimate of drug-likeness (QED) is 0.677. The van der Waals surface area contributed by atoms with Crippen LogP contribution in [0.5, 0.6) is 0 Å². The van der Waals surface area contributed by atoms with E-state index < -0.39 is 0 Å². The molecule has 8 heteroatoms. The van der Waals surface area contributed by atoms with E-state index in [9.17, 15) is 0 Å². The lowest BCUT2D eigenvalue weighted by atomic mass is 10.4. The summed E-state index contributed by atoms with van der Waals surface area (Å²) in [6.07, 6.45) is 1.46. The third kappa shape index (κ3) is 3.73. The van der Waals surface area contributed by atoms with Crippen LogP contribution in [-0.2, 0) is 0 Å². The van der Waals surface area contributed by atoms with Gasteiger partial charge in [-0.2, -0.15) is 0 Å². The van der Waals surface area contributed by atoms with E-state index in [4.69, 9.17) is 40.5 Å². The first-order valence-electron chi connectivity index (χ1n) is 5.01. The number of halogens is 3. The molecule has 0 spiro atoms. The molecule has 0 aliphatic heterocycles. The molecule has 0 atom stereocenters. The third-order valence-corrected chi connectivity index (χ3v) is 3.86. The Balaban J connectivity index is 2.16. The van der Waals surface area contributed by atoms with Gasteiger partial charge in [0.05, 0.1) is 11.2 Å². The molecule has 0 aliphatic rings. The highest BCUT2D eigenvalue weighted by Crippen LogP contribution is 2.27. The number of rotatable bonds is 3. The minimum absolute atomic E-state index is 0.0649. The van der Waals surface area contributed by atoms with E-state index in [1.54, 1.807) is 6.07 Å². The van der Waals surface area contributed by atoms with Gasteiger partial charge in [0, 0.05) is 16.8 Å². The van der Waals surface area contributed by atoms with Gasteiger partial charge < -0.3 is 5.73 Å². The molecular formula is C11H7Cl3N4S. The minimum atomic E-state index is 0.0649. The zero-order valence-corrected chi connectivity index (χ0v) is 12.4. The summed E-state index contributed by atoms with van der Waals surface area (Å²) in [5.41, 5.74) is 6.01. The van der Waals surface area contributed by atoms with Crippen molar-refractivity contribution in [2.75, 3.05) is 5.73 Å². The number of hydrogen-bond donors (Lipinski definition) is 1. The zero-order chi connectivity index (χ0) is 13.8. The molecule has 1 heterocycles. The minimum Gasteiger partial charge on any atom is -0.382 e. The predicted octanol–water partition coefficient (Wildman–Crippen LogP) is 4.15. The molecule has 0 saturated heterocycles. The first-order valence-corrected chi connectivity index (χ1v) is 6.92. The molecule has 4 nitrogen and oxygen atoms in total. The maximum atomic E-state index is 6.00. The SMILES string of the molecule is Nc1nc(Cl)c(Cl)nc1/C=N/Sc1ccccc1Cl. The Morgan fingerprint density at radius 2 is 1.79 bits per heavy atom. The number of benzene rings is 1. The molecule has 0 bridgehead atoms. The Morgan fingerprint density at radius 3 is 2.53 bits per heavy atom. The van der Waals surface area contributed by atoms with Gasteiger partial charge in [0.2, 0.25) is 0 Å². The van der Waals surface area contributed by atoms with E-state index in [2.05, 4.69) is 14.4 Å². The van der Waals surface area contributed by atoms with Crippen molar-refractivity contribution in [2.24, 2.45) is 4.40 Å². The van der Waals surface area contributed by atoms with Gasteiger partial charge in [-0.05, 0) is 12.1 Å². The molecule has 0 radical (unpaired) electrons. The standard InChI is InChI=1S/C11H7Cl3N4S/c12-6-3-1-2-4-8(6)19-16-5-7-11(15)18-10(14)9(13)17-7/h1-5H,(H2,15,18)/b16-5+. The molecular weight excluding hydrogens is 327 g/mol. The number of nitrogens with zero attached hydrogens (tertiary/aromatic N) is 3. The van der Waals surface area contributed by atoms with E-state index in [-0.39, 0.29) is 16.1 Å². The Hall–Kier alpha value is -1.01. The van der Waals surface area contributed by atoms with Crippen LogP contribution in [0.1, 0.15) is 5.69 Å². The van der Waals surface area contributed by atoms with E-state index in [1.165, 1.54) is 18.2 Å². The van der Waals surface area contributed by atoms with Gasteiger partial charge in [0.1, 0.15) is 5.69 Å². The predicted molar refractivity (Wildman–Crippen MR) is 81.4 cm³/mol. The second-order valence-electron chi connectivity index (χ2n) is 3.33. The maximum Gasteiger partial charge on any atom is 0.168 e. The number of hydrogen-bond acceptors (Lipinski definition) is 5. The molecule has 98 valence electrons. The highest BCUT2D eigenvalue weighted by atomic mass is 35.5. The molecule has 0 unspecified atom stereocenters. The third-order valence-electron chi connectivity index (χ3n) is 2.03. The number of aromatic nitrogens is 2. The van der Waals surface area contributed by atoms with Crippen molar-refractivity contribution >= 4 is 58.8 Å². The smallest absolute Gasteiger partial charge is 0.168 e. The maximum absolute atomic E-state index is 6.00. The monoisotopic (exact) mass is 332 g/mol. The second-order valence-corrected chi connectivity index (χ2v) is 5.29. The molecule has 0 amide bonds. The fourth-order valence-corrected chi connectivity index (χ4v) is 2.23. The normalized spacial score (nSPS) is 11.1. The molecule has 0 fully saturated rings. The van der Waals surface area contributed by atoms with E-state index in [0.29, 0.717) is 10.7 Å². The van der Waals surface area contributed by atoms with Gasteiger partial charge in [0.15, 0.2) is 16.1 Å².